The number of nitrogens with two attached hydrogens (primary N) is 1. The van der Waals surface area contributed by atoms with E-state index in [4.69, 9.17) is 11.0 Å². The summed E-state index contributed by atoms with van der Waals surface area (Å²) in [7, 11) is 0. The molecule has 0 unspecified atom stereocenters. The van der Waals surface area contributed by atoms with Gasteiger partial charge in [-0.15, -0.1) is 0 Å². The molecule has 1 heterocycles. The largest absolute Gasteiger partial charge is 0.396 e. The topological polar surface area (TPSA) is 74.7 Å². The number of nitrogen functional groups attached to an aromatic ring is 1. The van der Waals surface area contributed by atoms with Crippen molar-refractivity contribution in [2.45, 2.75) is 6.92 Å². The third kappa shape index (κ3) is 2.60. The van der Waals surface area contributed by atoms with Crippen molar-refractivity contribution >= 4 is 33.1 Å². The molecule has 4 nitrogen and oxygen atoms in total. The molecule has 0 fully saturated rings. The van der Waals surface area contributed by atoms with Crippen LogP contribution < -0.4 is 11.1 Å². The van der Waals surface area contributed by atoms with E-state index in [2.05, 4.69) is 26.2 Å². The molecule has 0 spiro atoms. The van der Waals surface area contributed by atoms with Gasteiger partial charge in [0.2, 0.25) is 0 Å². The number of aromatic nitrogens is 1. The molecular weight excluding hydrogens is 292 g/mol. The standard InChI is InChI=1S/C13H11BrN4/c1-8-2-3-10(14)5-12(8)18-13-11(16)4-9(6-15)7-17-13/h2-5,7H,16H2,1H3,(H,17,18). The Balaban J connectivity index is 2.34. The second kappa shape index (κ2) is 5.07. The van der Waals surface area contributed by atoms with Crippen LogP contribution >= 0.6 is 15.9 Å². The van der Waals surface area contributed by atoms with Crippen LogP contribution in [-0.2, 0) is 0 Å². The molecule has 0 bridgehead atoms. The van der Waals surface area contributed by atoms with Crippen LogP contribution in [0.1, 0.15) is 11.1 Å². The molecule has 1 aromatic carbocycles. The fourth-order valence-corrected chi connectivity index (χ4v) is 1.86. The van der Waals surface area contributed by atoms with Gasteiger partial charge in [0, 0.05) is 16.4 Å². The number of hydrogen-bond donors (Lipinski definition) is 2. The molecule has 2 rings (SSSR count). The minimum atomic E-state index is 0.448. The zero-order valence-corrected chi connectivity index (χ0v) is 11.3. The van der Waals surface area contributed by atoms with Gasteiger partial charge in [-0.1, -0.05) is 22.0 Å². The van der Waals surface area contributed by atoms with E-state index in [0.717, 1.165) is 15.7 Å². The molecule has 1 aromatic heterocycles. The lowest BCUT2D eigenvalue weighted by molar-refractivity contribution is 1.28. The van der Waals surface area contributed by atoms with Crippen LogP contribution in [0.5, 0.6) is 0 Å². The molecule has 90 valence electrons. The molecule has 0 amide bonds. The first kappa shape index (κ1) is 12.4. The second-order valence-electron chi connectivity index (χ2n) is 3.86. The number of nitrogens with zero attached hydrogens (tertiary/aromatic N) is 2. The van der Waals surface area contributed by atoms with E-state index in [9.17, 15) is 0 Å². The van der Waals surface area contributed by atoms with Gasteiger partial charge in [-0.05, 0) is 30.7 Å². The number of anilines is 3. The molecule has 3 N–H and O–H groups in total. The molecule has 0 aliphatic carbocycles. The van der Waals surface area contributed by atoms with Gasteiger partial charge in [0.05, 0.1) is 11.3 Å². The SMILES string of the molecule is Cc1ccc(Br)cc1Nc1ncc(C#N)cc1N. The van der Waals surface area contributed by atoms with E-state index in [-0.39, 0.29) is 0 Å². The molecule has 0 atom stereocenters. The van der Waals surface area contributed by atoms with Gasteiger partial charge in [0.15, 0.2) is 5.82 Å². The van der Waals surface area contributed by atoms with Gasteiger partial charge >= 0.3 is 0 Å². The minimum absolute atomic E-state index is 0.448. The van der Waals surface area contributed by atoms with E-state index in [1.165, 1.54) is 6.20 Å². The number of rotatable bonds is 2. The second-order valence-corrected chi connectivity index (χ2v) is 4.77. The summed E-state index contributed by atoms with van der Waals surface area (Å²) in [5, 5.41) is 11.9. The van der Waals surface area contributed by atoms with Crippen molar-refractivity contribution in [1.29, 1.82) is 5.26 Å². The van der Waals surface area contributed by atoms with Crippen molar-refractivity contribution in [2.75, 3.05) is 11.1 Å². The Morgan fingerprint density at radius 1 is 1.39 bits per heavy atom. The summed E-state index contributed by atoms with van der Waals surface area (Å²) in [6, 6.07) is 9.52. The normalized spacial score (nSPS) is 9.83. The number of benzene rings is 1. The van der Waals surface area contributed by atoms with Crippen molar-refractivity contribution in [1.82, 2.24) is 4.98 Å². The van der Waals surface area contributed by atoms with E-state index < -0.39 is 0 Å². The summed E-state index contributed by atoms with van der Waals surface area (Å²) in [5.41, 5.74) is 8.76. The van der Waals surface area contributed by atoms with E-state index >= 15 is 0 Å². The van der Waals surface area contributed by atoms with Gasteiger partial charge in [-0.25, -0.2) is 4.98 Å². The maximum absolute atomic E-state index is 8.75. The molecule has 0 aliphatic heterocycles. The molecule has 5 heteroatoms. The Morgan fingerprint density at radius 3 is 2.83 bits per heavy atom. The highest BCUT2D eigenvalue weighted by molar-refractivity contribution is 9.10. The summed E-state index contributed by atoms with van der Waals surface area (Å²) in [6.07, 6.45) is 1.49. The van der Waals surface area contributed by atoms with E-state index in [1.54, 1.807) is 6.07 Å². The van der Waals surface area contributed by atoms with Crippen molar-refractivity contribution in [3.05, 3.63) is 46.1 Å². The van der Waals surface area contributed by atoms with Gasteiger partial charge in [-0.3, -0.25) is 0 Å². The monoisotopic (exact) mass is 302 g/mol. The number of halogens is 1. The molecule has 18 heavy (non-hydrogen) atoms. The predicted octanol–water partition coefficient (Wildman–Crippen LogP) is 3.35. The fourth-order valence-electron chi connectivity index (χ4n) is 1.50. The molecule has 0 radical (unpaired) electrons. The van der Waals surface area contributed by atoms with Crippen LogP contribution in [0.25, 0.3) is 0 Å². The Morgan fingerprint density at radius 2 is 2.17 bits per heavy atom. The number of pyridine rings is 1. The Bertz CT molecular complexity index is 631. The van der Waals surface area contributed by atoms with Crippen molar-refractivity contribution < 1.29 is 0 Å². The first-order valence-electron chi connectivity index (χ1n) is 5.29. The molecule has 2 aromatic rings. The third-order valence-corrected chi connectivity index (χ3v) is 2.99. The van der Waals surface area contributed by atoms with Crippen LogP contribution in [-0.4, -0.2) is 4.98 Å². The van der Waals surface area contributed by atoms with Gasteiger partial charge in [0.25, 0.3) is 0 Å². The number of hydrogen-bond acceptors (Lipinski definition) is 4. The summed E-state index contributed by atoms with van der Waals surface area (Å²) in [5.74, 6) is 0.551. The van der Waals surface area contributed by atoms with Gasteiger partial charge in [0.1, 0.15) is 6.07 Å². The smallest absolute Gasteiger partial charge is 0.153 e. The molecule has 0 saturated heterocycles. The van der Waals surface area contributed by atoms with Crippen LogP contribution in [0.4, 0.5) is 17.2 Å². The molecule has 0 saturated carbocycles. The van der Waals surface area contributed by atoms with Crippen LogP contribution in [0.15, 0.2) is 34.9 Å². The van der Waals surface area contributed by atoms with E-state index in [0.29, 0.717) is 17.1 Å². The number of nitrogens with one attached hydrogen (secondary N) is 1. The average molecular weight is 303 g/mol. The number of nitriles is 1. The highest BCUT2D eigenvalue weighted by Gasteiger charge is 2.05. The summed E-state index contributed by atoms with van der Waals surface area (Å²) in [6.45, 7) is 1.99. The average Bonchev–Trinajstić information content (AvgIpc) is 2.36. The predicted molar refractivity (Wildman–Crippen MR) is 75.5 cm³/mol. The van der Waals surface area contributed by atoms with Crippen molar-refractivity contribution in [2.24, 2.45) is 0 Å². The summed E-state index contributed by atoms with van der Waals surface area (Å²) >= 11 is 3.42. The van der Waals surface area contributed by atoms with Crippen molar-refractivity contribution in [3.63, 3.8) is 0 Å². The highest BCUT2D eigenvalue weighted by atomic mass is 79.9. The zero-order valence-electron chi connectivity index (χ0n) is 9.74. The van der Waals surface area contributed by atoms with Crippen molar-refractivity contribution in [3.8, 4) is 6.07 Å². The lowest BCUT2D eigenvalue weighted by Crippen LogP contribution is -2.01. The van der Waals surface area contributed by atoms with Crippen LogP contribution in [0, 0.1) is 18.3 Å². The lowest BCUT2D eigenvalue weighted by Gasteiger charge is -2.11. The molecule has 0 aliphatic rings. The number of aryl methyl sites for hydroxylation is 1. The quantitative estimate of drug-likeness (QED) is 0.892. The Labute approximate surface area is 114 Å². The van der Waals surface area contributed by atoms with Crippen LogP contribution in [0.2, 0.25) is 0 Å². The van der Waals surface area contributed by atoms with Gasteiger partial charge < -0.3 is 11.1 Å². The zero-order chi connectivity index (χ0) is 13.1. The van der Waals surface area contributed by atoms with Crippen LogP contribution in [0.3, 0.4) is 0 Å². The molecular formula is C13H11BrN4. The highest BCUT2D eigenvalue weighted by Crippen LogP contribution is 2.26. The van der Waals surface area contributed by atoms with E-state index in [1.807, 2.05) is 31.2 Å². The fraction of sp³-hybridized carbons (Fsp3) is 0.0769. The first-order chi connectivity index (χ1) is 8.60. The Kier molecular flexibility index (Phi) is 3.49. The Hall–Kier alpha value is -2.06. The lowest BCUT2D eigenvalue weighted by atomic mass is 10.2. The maximum atomic E-state index is 8.75. The first-order valence-corrected chi connectivity index (χ1v) is 6.08. The third-order valence-electron chi connectivity index (χ3n) is 2.50. The summed E-state index contributed by atoms with van der Waals surface area (Å²) in [4.78, 5) is 4.14. The minimum Gasteiger partial charge on any atom is -0.396 e. The maximum Gasteiger partial charge on any atom is 0.153 e. The van der Waals surface area contributed by atoms with Gasteiger partial charge in [-0.2, -0.15) is 5.26 Å². The summed E-state index contributed by atoms with van der Waals surface area (Å²) < 4.78 is 0.975.